The average Bonchev–Trinajstić information content (AvgIpc) is 3.19. The molecule has 0 saturated carbocycles. The zero-order valence-corrected chi connectivity index (χ0v) is 16.0. The number of carbonyl (C=O) groups excluding carboxylic acids is 1. The van der Waals surface area contributed by atoms with Crippen LogP contribution in [0.1, 0.15) is 21.7 Å². The second kappa shape index (κ2) is 8.48. The molecule has 3 aromatic carbocycles. The summed E-state index contributed by atoms with van der Waals surface area (Å²) in [5.74, 6) is 1.56. The van der Waals surface area contributed by atoms with Crippen molar-refractivity contribution in [2.24, 2.45) is 0 Å². The minimum atomic E-state index is -0.170. The van der Waals surface area contributed by atoms with E-state index >= 15 is 0 Å². The predicted octanol–water partition coefficient (Wildman–Crippen LogP) is 5.92. The third-order valence-corrected chi connectivity index (χ3v) is 4.53. The minimum Gasteiger partial charge on any atom is -0.497 e. The fraction of sp³-hybridized carbons (Fsp3) is 0.0800. The first kappa shape index (κ1) is 18.6. The van der Waals surface area contributed by atoms with Crippen molar-refractivity contribution >= 4 is 22.8 Å². The smallest absolute Gasteiger partial charge is 0.189 e. The van der Waals surface area contributed by atoms with Crippen LogP contribution in [0.2, 0.25) is 0 Å². The molecule has 0 unspecified atom stereocenters. The largest absolute Gasteiger partial charge is 0.497 e. The zero-order chi connectivity index (χ0) is 20.1. The molecule has 1 heterocycles. The van der Waals surface area contributed by atoms with Crippen LogP contribution < -0.4 is 9.47 Å². The number of allylic oxidation sites excluding steroid dienone is 1. The van der Waals surface area contributed by atoms with Crippen LogP contribution in [0.4, 0.5) is 0 Å². The molecule has 0 saturated heterocycles. The van der Waals surface area contributed by atoms with Crippen LogP contribution in [0.25, 0.3) is 17.0 Å². The van der Waals surface area contributed by atoms with Gasteiger partial charge in [-0.15, -0.1) is 0 Å². The molecule has 0 spiro atoms. The first-order chi connectivity index (χ1) is 14.2. The molecule has 0 fully saturated rings. The monoisotopic (exact) mass is 384 g/mol. The van der Waals surface area contributed by atoms with E-state index in [4.69, 9.17) is 13.9 Å². The normalized spacial score (nSPS) is 11.1. The highest BCUT2D eigenvalue weighted by Gasteiger charge is 2.12. The lowest BCUT2D eigenvalue weighted by atomic mass is 10.1. The number of ether oxygens (including phenoxy) is 2. The van der Waals surface area contributed by atoms with Gasteiger partial charge in [-0.2, -0.15) is 0 Å². The highest BCUT2D eigenvalue weighted by atomic mass is 16.5. The Morgan fingerprint density at radius 3 is 2.55 bits per heavy atom. The minimum absolute atomic E-state index is 0.170. The lowest BCUT2D eigenvalue weighted by molar-refractivity contribution is 0.104. The summed E-state index contributed by atoms with van der Waals surface area (Å²) < 4.78 is 16.9. The number of rotatable bonds is 7. The van der Waals surface area contributed by atoms with Gasteiger partial charge in [-0.3, -0.25) is 4.79 Å². The Kier molecular flexibility index (Phi) is 5.43. The van der Waals surface area contributed by atoms with E-state index in [0.717, 1.165) is 16.5 Å². The van der Waals surface area contributed by atoms with Crippen molar-refractivity contribution in [3.05, 3.63) is 102 Å². The molecule has 0 atom stereocenters. The van der Waals surface area contributed by atoms with Crippen LogP contribution in [0.5, 0.6) is 11.5 Å². The molecular formula is C25H20O4. The third-order valence-electron chi connectivity index (χ3n) is 4.53. The Labute approximate surface area is 169 Å². The van der Waals surface area contributed by atoms with Crippen molar-refractivity contribution in [3.8, 4) is 11.5 Å². The number of furan rings is 1. The Hall–Kier alpha value is -3.79. The summed E-state index contributed by atoms with van der Waals surface area (Å²) in [5, 5.41) is 0.996. The molecule has 29 heavy (non-hydrogen) atoms. The molecule has 0 N–H and O–H groups in total. The lowest BCUT2D eigenvalue weighted by Crippen LogP contribution is -2.03. The van der Waals surface area contributed by atoms with Crippen LogP contribution in [0, 0.1) is 0 Å². The fourth-order valence-electron chi connectivity index (χ4n) is 3.02. The summed E-state index contributed by atoms with van der Waals surface area (Å²) in [7, 11) is 1.58. The number of benzene rings is 3. The molecule has 0 bridgehead atoms. The fourth-order valence-corrected chi connectivity index (χ4v) is 3.02. The van der Waals surface area contributed by atoms with Gasteiger partial charge in [0.05, 0.1) is 12.7 Å². The number of para-hydroxylation sites is 1. The number of hydrogen-bond acceptors (Lipinski definition) is 4. The number of methoxy groups -OCH3 is 1. The van der Waals surface area contributed by atoms with Crippen molar-refractivity contribution in [2.75, 3.05) is 7.11 Å². The standard InChI is InChI=1S/C25H20O4/c1-27-20-11-13-22(25(16-20)28-17-18-7-3-2-4-8-18)23(26)14-12-21-15-19-9-5-6-10-24(19)29-21/h2-16H,17H2,1H3. The van der Waals surface area contributed by atoms with Crippen molar-refractivity contribution in [1.82, 2.24) is 0 Å². The van der Waals surface area contributed by atoms with Gasteiger partial charge >= 0.3 is 0 Å². The number of ketones is 1. The summed E-state index contributed by atoms with van der Waals surface area (Å²) in [6, 6.07) is 24.6. The van der Waals surface area contributed by atoms with Gasteiger partial charge in [0.15, 0.2) is 5.78 Å². The summed E-state index contributed by atoms with van der Waals surface area (Å²) in [5.41, 5.74) is 2.27. The summed E-state index contributed by atoms with van der Waals surface area (Å²) >= 11 is 0. The quantitative estimate of drug-likeness (QED) is 0.293. The summed E-state index contributed by atoms with van der Waals surface area (Å²) in [6.07, 6.45) is 3.17. The third kappa shape index (κ3) is 4.38. The Morgan fingerprint density at radius 1 is 0.966 bits per heavy atom. The SMILES string of the molecule is COc1ccc(C(=O)C=Cc2cc3ccccc3o2)c(OCc2ccccc2)c1. The van der Waals surface area contributed by atoms with Crippen LogP contribution in [0.3, 0.4) is 0 Å². The summed E-state index contributed by atoms with van der Waals surface area (Å²) in [6.45, 7) is 0.363. The van der Waals surface area contributed by atoms with Crippen LogP contribution in [-0.2, 0) is 6.61 Å². The molecule has 0 aliphatic carbocycles. The van der Waals surface area contributed by atoms with Crippen molar-refractivity contribution < 1.29 is 18.7 Å². The molecular weight excluding hydrogens is 364 g/mol. The molecule has 4 aromatic rings. The van der Waals surface area contributed by atoms with Gasteiger partial charge in [0.25, 0.3) is 0 Å². The molecule has 0 amide bonds. The van der Waals surface area contributed by atoms with E-state index in [1.54, 1.807) is 31.4 Å². The first-order valence-electron chi connectivity index (χ1n) is 9.29. The van der Waals surface area contributed by atoms with Crippen LogP contribution in [-0.4, -0.2) is 12.9 Å². The van der Waals surface area contributed by atoms with Gasteiger partial charge in [-0.05, 0) is 42.0 Å². The molecule has 0 aliphatic heterocycles. The second-order valence-corrected chi connectivity index (χ2v) is 6.52. The number of carbonyl (C=O) groups is 1. The molecule has 0 aliphatic rings. The Morgan fingerprint density at radius 2 is 1.76 bits per heavy atom. The van der Waals surface area contributed by atoms with E-state index in [1.807, 2.05) is 60.7 Å². The Balaban J connectivity index is 1.56. The maximum Gasteiger partial charge on any atom is 0.189 e. The van der Waals surface area contributed by atoms with Crippen molar-refractivity contribution in [2.45, 2.75) is 6.61 Å². The van der Waals surface area contributed by atoms with Gasteiger partial charge in [-0.1, -0.05) is 48.5 Å². The van der Waals surface area contributed by atoms with Crippen molar-refractivity contribution in [1.29, 1.82) is 0 Å². The molecule has 4 heteroatoms. The van der Waals surface area contributed by atoms with Gasteiger partial charge in [0.2, 0.25) is 0 Å². The summed E-state index contributed by atoms with van der Waals surface area (Å²) in [4.78, 5) is 12.8. The maximum atomic E-state index is 12.8. The van der Waals surface area contributed by atoms with E-state index < -0.39 is 0 Å². The maximum absolute atomic E-state index is 12.8. The molecule has 144 valence electrons. The van der Waals surface area contributed by atoms with Gasteiger partial charge in [-0.25, -0.2) is 0 Å². The second-order valence-electron chi connectivity index (χ2n) is 6.52. The van der Waals surface area contributed by atoms with E-state index in [-0.39, 0.29) is 5.78 Å². The molecule has 0 radical (unpaired) electrons. The average molecular weight is 384 g/mol. The molecule has 1 aromatic heterocycles. The van der Waals surface area contributed by atoms with Crippen LogP contribution >= 0.6 is 0 Å². The zero-order valence-electron chi connectivity index (χ0n) is 16.0. The lowest BCUT2D eigenvalue weighted by Gasteiger charge is -2.11. The van der Waals surface area contributed by atoms with Gasteiger partial charge in [0, 0.05) is 11.5 Å². The topological polar surface area (TPSA) is 48.7 Å². The van der Waals surface area contributed by atoms with Gasteiger partial charge in [0.1, 0.15) is 29.4 Å². The molecule has 4 rings (SSSR count). The van der Waals surface area contributed by atoms with E-state index in [2.05, 4.69) is 0 Å². The predicted molar refractivity (Wildman–Crippen MR) is 113 cm³/mol. The number of fused-ring (bicyclic) bond motifs is 1. The Bertz CT molecular complexity index is 1120. The highest BCUT2D eigenvalue weighted by molar-refractivity contribution is 6.08. The first-order valence-corrected chi connectivity index (χ1v) is 9.29. The number of hydrogen-bond donors (Lipinski definition) is 0. The van der Waals surface area contributed by atoms with E-state index in [1.165, 1.54) is 6.08 Å². The van der Waals surface area contributed by atoms with E-state index in [0.29, 0.717) is 29.4 Å². The highest BCUT2D eigenvalue weighted by Crippen LogP contribution is 2.27. The molecule has 4 nitrogen and oxygen atoms in total. The van der Waals surface area contributed by atoms with E-state index in [9.17, 15) is 4.79 Å². The van der Waals surface area contributed by atoms with Gasteiger partial charge < -0.3 is 13.9 Å². The van der Waals surface area contributed by atoms with Crippen molar-refractivity contribution in [3.63, 3.8) is 0 Å². The van der Waals surface area contributed by atoms with Crippen LogP contribution in [0.15, 0.2) is 89.4 Å².